The molecule has 3 nitrogen and oxygen atoms in total. The van der Waals surface area contributed by atoms with E-state index in [4.69, 9.17) is 0 Å². The highest BCUT2D eigenvalue weighted by molar-refractivity contribution is 5.15. The highest BCUT2D eigenvalue weighted by atomic mass is 19.1. The second-order valence-corrected chi connectivity index (χ2v) is 4.54. The maximum absolute atomic E-state index is 12.9. The summed E-state index contributed by atoms with van der Waals surface area (Å²) in [6.45, 7) is 4.17. The van der Waals surface area contributed by atoms with Gasteiger partial charge in [-0.25, -0.2) is 4.39 Å². The second-order valence-electron chi connectivity index (χ2n) is 4.54. The minimum atomic E-state index is -0.307. The lowest BCUT2D eigenvalue weighted by molar-refractivity contribution is 0.446. The van der Waals surface area contributed by atoms with Crippen molar-refractivity contribution >= 4 is 0 Å². The summed E-state index contributed by atoms with van der Waals surface area (Å²) in [5.41, 5.74) is 1.99. The minimum absolute atomic E-state index is 0.107. The Labute approximate surface area is 112 Å². The summed E-state index contributed by atoms with van der Waals surface area (Å²) < 4.78 is 12.9. The molecule has 0 aromatic carbocycles. The van der Waals surface area contributed by atoms with Crippen molar-refractivity contribution in [2.45, 2.75) is 32.4 Å². The Balaban J connectivity index is 2.09. The molecule has 2 heterocycles. The molecule has 0 aliphatic rings. The van der Waals surface area contributed by atoms with Gasteiger partial charge in [0.25, 0.3) is 0 Å². The highest BCUT2D eigenvalue weighted by Crippen LogP contribution is 2.20. The molecule has 0 saturated carbocycles. The number of nitrogens with one attached hydrogen (secondary N) is 1. The summed E-state index contributed by atoms with van der Waals surface area (Å²) in [4.78, 5) is 8.26. The maximum Gasteiger partial charge on any atom is 0.141 e. The van der Waals surface area contributed by atoms with E-state index >= 15 is 0 Å². The van der Waals surface area contributed by atoms with E-state index in [1.165, 1.54) is 12.3 Å². The molecule has 2 aromatic heterocycles. The zero-order valence-electron chi connectivity index (χ0n) is 11.2. The van der Waals surface area contributed by atoms with Crippen LogP contribution >= 0.6 is 0 Å². The van der Waals surface area contributed by atoms with Gasteiger partial charge in [0, 0.05) is 24.5 Å². The van der Waals surface area contributed by atoms with Crippen molar-refractivity contribution in [2.75, 3.05) is 0 Å². The van der Waals surface area contributed by atoms with Crippen LogP contribution in [-0.4, -0.2) is 9.97 Å². The fourth-order valence-electron chi connectivity index (χ4n) is 2.04. The van der Waals surface area contributed by atoms with E-state index in [1.807, 2.05) is 18.3 Å². The molecule has 0 fully saturated rings. The van der Waals surface area contributed by atoms with Crippen molar-refractivity contribution in [2.24, 2.45) is 0 Å². The first kappa shape index (κ1) is 13.6. The highest BCUT2D eigenvalue weighted by Gasteiger charge is 2.14. The van der Waals surface area contributed by atoms with E-state index in [9.17, 15) is 4.39 Å². The van der Waals surface area contributed by atoms with Gasteiger partial charge in [-0.15, -0.1) is 0 Å². The van der Waals surface area contributed by atoms with Gasteiger partial charge in [-0.3, -0.25) is 9.97 Å². The molecular weight excluding hydrogens is 241 g/mol. The van der Waals surface area contributed by atoms with Gasteiger partial charge in [-0.1, -0.05) is 13.0 Å². The van der Waals surface area contributed by atoms with E-state index in [2.05, 4.69) is 29.1 Å². The molecular formula is C15H18FN3. The number of halogens is 1. The minimum Gasteiger partial charge on any atom is -0.302 e. The summed E-state index contributed by atoms with van der Waals surface area (Å²) >= 11 is 0. The Morgan fingerprint density at radius 1 is 1.26 bits per heavy atom. The molecule has 1 N–H and O–H groups in total. The summed E-state index contributed by atoms with van der Waals surface area (Å²) in [7, 11) is 0. The quantitative estimate of drug-likeness (QED) is 0.894. The molecule has 0 saturated heterocycles. The van der Waals surface area contributed by atoms with Crippen molar-refractivity contribution in [3.63, 3.8) is 0 Å². The maximum atomic E-state index is 12.9. The topological polar surface area (TPSA) is 37.8 Å². The van der Waals surface area contributed by atoms with E-state index in [-0.39, 0.29) is 17.9 Å². The lowest BCUT2D eigenvalue weighted by Crippen LogP contribution is -2.25. The molecule has 0 aliphatic heterocycles. The van der Waals surface area contributed by atoms with Crippen LogP contribution in [0.2, 0.25) is 0 Å². The Morgan fingerprint density at radius 2 is 2.11 bits per heavy atom. The second kappa shape index (κ2) is 6.38. The first-order valence-corrected chi connectivity index (χ1v) is 6.48. The van der Waals surface area contributed by atoms with Crippen LogP contribution in [0.4, 0.5) is 4.39 Å². The summed E-state index contributed by atoms with van der Waals surface area (Å²) in [6.07, 6.45) is 5.76. The Hall–Kier alpha value is -1.81. The number of hydrogen-bond donors (Lipinski definition) is 1. The van der Waals surface area contributed by atoms with Crippen molar-refractivity contribution in [3.05, 3.63) is 59.9 Å². The van der Waals surface area contributed by atoms with E-state index < -0.39 is 0 Å². The Morgan fingerprint density at radius 3 is 2.68 bits per heavy atom. The lowest BCUT2D eigenvalue weighted by atomic mass is 10.1. The first-order chi connectivity index (χ1) is 9.20. The van der Waals surface area contributed by atoms with Gasteiger partial charge in [-0.2, -0.15) is 0 Å². The van der Waals surface area contributed by atoms with Crippen LogP contribution in [0.25, 0.3) is 0 Å². The van der Waals surface area contributed by atoms with E-state index in [0.717, 1.165) is 17.7 Å². The largest absolute Gasteiger partial charge is 0.302 e. The number of pyridine rings is 2. The van der Waals surface area contributed by atoms with Crippen molar-refractivity contribution in [1.82, 2.24) is 15.3 Å². The lowest BCUT2D eigenvalue weighted by Gasteiger charge is -2.22. The zero-order chi connectivity index (χ0) is 13.7. The van der Waals surface area contributed by atoms with Crippen LogP contribution in [0, 0.1) is 5.82 Å². The summed E-state index contributed by atoms with van der Waals surface area (Å²) in [5, 5.41) is 3.49. The van der Waals surface area contributed by atoms with Crippen LogP contribution in [0.5, 0.6) is 0 Å². The molecule has 0 spiro atoms. The Bertz CT molecular complexity index is 499. The van der Waals surface area contributed by atoms with Crippen LogP contribution < -0.4 is 5.32 Å². The first-order valence-electron chi connectivity index (χ1n) is 6.48. The van der Waals surface area contributed by atoms with E-state index in [1.54, 1.807) is 12.3 Å². The zero-order valence-corrected chi connectivity index (χ0v) is 11.2. The smallest absolute Gasteiger partial charge is 0.141 e. The molecule has 0 radical (unpaired) electrons. The Kier molecular flexibility index (Phi) is 4.58. The van der Waals surface area contributed by atoms with Crippen molar-refractivity contribution < 1.29 is 4.39 Å². The average Bonchev–Trinajstić information content (AvgIpc) is 2.46. The molecule has 0 bridgehead atoms. The predicted molar refractivity (Wildman–Crippen MR) is 73.0 cm³/mol. The van der Waals surface area contributed by atoms with Gasteiger partial charge >= 0.3 is 0 Å². The normalized spacial score (nSPS) is 14.1. The van der Waals surface area contributed by atoms with Gasteiger partial charge in [0.1, 0.15) is 5.82 Å². The molecule has 4 heteroatoms. The van der Waals surface area contributed by atoms with Crippen molar-refractivity contribution in [1.29, 1.82) is 0 Å². The predicted octanol–water partition coefficient (Wildman–Crippen LogP) is 3.42. The molecule has 2 rings (SSSR count). The molecule has 2 aromatic rings. The van der Waals surface area contributed by atoms with E-state index in [0.29, 0.717) is 0 Å². The molecule has 100 valence electrons. The molecule has 0 aliphatic carbocycles. The number of rotatable bonds is 5. The molecule has 2 atom stereocenters. The number of hydrogen-bond acceptors (Lipinski definition) is 3. The van der Waals surface area contributed by atoms with Gasteiger partial charge in [0.2, 0.25) is 0 Å². The van der Waals surface area contributed by atoms with Crippen LogP contribution in [0.3, 0.4) is 0 Å². The van der Waals surface area contributed by atoms with Gasteiger partial charge < -0.3 is 5.32 Å². The molecule has 19 heavy (non-hydrogen) atoms. The van der Waals surface area contributed by atoms with Gasteiger partial charge in [0.05, 0.1) is 11.9 Å². The number of nitrogens with zero attached hydrogens (tertiary/aromatic N) is 2. The van der Waals surface area contributed by atoms with Crippen LogP contribution in [0.1, 0.15) is 43.6 Å². The summed E-state index contributed by atoms with van der Waals surface area (Å²) in [6, 6.07) is 7.41. The number of aromatic nitrogens is 2. The molecule has 0 amide bonds. The average molecular weight is 259 g/mol. The summed E-state index contributed by atoms with van der Waals surface area (Å²) in [5.74, 6) is -0.307. The third kappa shape index (κ3) is 3.58. The van der Waals surface area contributed by atoms with Crippen molar-refractivity contribution in [3.8, 4) is 0 Å². The molecule has 2 unspecified atom stereocenters. The van der Waals surface area contributed by atoms with Crippen LogP contribution in [-0.2, 0) is 0 Å². The van der Waals surface area contributed by atoms with Crippen LogP contribution in [0.15, 0.2) is 42.9 Å². The monoisotopic (exact) mass is 259 g/mol. The standard InChI is InChI=1S/C15H18FN3/c1-3-14(15-7-6-13(16)10-18-15)19-11(2)12-5-4-8-17-9-12/h4-11,14,19H,3H2,1-2H3. The fraction of sp³-hybridized carbons (Fsp3) is 0.333. The third-order valence-corrected chi connectivity index (χ3v) is 3.15. The van der Waals surface area contributed by atoms with Gasteiger partial charge in [-0.05, 0) is 37.1 Å². The third-order valence-electron chi connectivity index (χ3n) is 3.15. The fourth-order valence-corrected chi connectivity index (χ4v) is 2.04. The van der Waals surface area contributed by atoms with Gasteiger partial charge in [0.15, 0.2) is 0 Å². The SMILES string of the molecule is CCC(NC(C)c1cccnc1)c1ccc(F)cn1.